The summed E-state index contributed by atoms with van der Waals surface area (Å²) in [6, 6.07) is 14.0. The van der Waals surface area contributed by atoms with E-state index in [-0.39, 0.29) is 0 Å². The molecule has 0 unspecified atom stereocenters. The molecule has 1 aromatic heterocycles. The molecule has 0 spiro atoms. The highest BCUT2D eigenvalue weighted by Gasteiger charge is 2.05. The summed E-state index contributed by atoms with van der Waals surface area (Å²) in [5.41, 5.74) is 3.16. The van der Waals surface area contributed by atoms with Crippen LogP contribution < -0.4 is 10.1 Å². The minimum Gasteiger partial charge on any atom is -0.497 e. The van der Waals surface area contributed by atoms with Crippen LogP contribution in [-0.2, 0) is 6.54 Å². The lowest BCUT2D eigenvalue weighted by Crippen LogP contribution is -2.04. The van der Waals surface area contributed by atoms with Crippen molar-refractivity contribution in [2.24, 2.45) is 0 Å². The smallest absolute Gasteiger partial charge is 0.160 e. The van der Waals surface area contributed by atoms with Crippen LogP contribution in [0, 0.1) is 6.92 Å². The van der Waals surface area contributed by atoms with Gasteiger partial charge in [-0.05, 0) is 42.0 Å². The molecule has 106 valence electrons. The number of aromatic nitrogens is 3. The summed E-state index contributed by atoms with van der Waals surface area (Å²) in [5, 5.41) is 16.2. The molecular weight excluding hydrogens is 264 g/mol. The minimum atomic E-state index is 0.672. The monoisotopic (exact) mass is 280 g/mol. The molecule has 1 heterocycles. The van der Waals surface area contributed by atoms with Crippen LogP contribution in [0.15, 0.2) is 42.5 Å². The number of fused-ring (bicyclic) bond motifs is 1. The number of nitrogens with one attached hydrogen (secondary N) is 1. The third kappa shape index (κ3) is 2.91. The van der Waals surface area contributed by atoms with Gasteiger partial charge in [0.15, 0.2) is 5.82 Å². The van der Waals surface area contributed by atoms with Crippen LogP contribution >= 0.6 is 0 Å². The van der Waals surface area contributed by atoms with Crippen molar-refractivity contribution in [1.82, 2.24) is 15.4 Å². The standard InChI is InChI=1S/C16H16N4O/c1-11-3-8-15-14(9-11)16(19-20-18-15)17-10-12-4-6-13(21-2)7-5-12/h3-9H,10H2,1-2H3,(H,17,18,19). The molecule has 3 rings (SSSR count). The predicted molar refractivity (Wildman–Crippen MR) is 82.4 cm³/mol. The Kier molecular flexibility index (Phi) is 3.64. The average Bonchev–Trinajstić information content (AvgIpc) is 2.53. The Labute approximate surface area is 123 Å². The number of anilines is 1. The maximum Gasteiger partial charge on any atom is 0.160 e. The van der Waals surface area contributed by atoms with Gasteiger partial charge in [0.2, 0.25) is 0 Å². The van der Waals surface area contributed by atoms with Gasteiger partial charge in [-0.1, -0.05) is 23.8 Å². The van der Waals surface area contributed by atoms with Gasteiger partial charge in [0.25, 0.3) is 0 Å². The fourth-order valence-corrected chi connectivity index (χ4v) is 2.16. The van der Waals surface area contributed by atoms with Gasteiger partial charge in [0.1, 0.15) is 5.75 Å². The summed E-state index contributed by atoms with van der Waals surface area (Å²) in [6.45, 7) is 2.72. The summed E-state index contributed by atoms with van der Waals surface area (Å²) in [5.74, 6) is 1.60. The van der Waals surface area contributed by atoms with Crippen molar-refractivity contribution in [2.75, 3.05) is 12.4 Å². The van der Waals surface area contributed by atoms with Gasteiger partial charge in [-0.25, -0.2) is 0 Å². The van der Waals surface area contributed by atoms with Gasteiger partial charge >= 0.3 is 0 Å². The molecule has 0 fully saturated rings. The van der Waals surface area contributed by atoms with Crippen LogP contribution in [0.25, 0.3) is 10.9 Å². The fourth-order valence-electron chi connectivity index (χ4n) is 2.16. The van der Waals surface area contributed by atoms with E-state index in [4.69, 9.17) is 4.74 Å². The molecule has 0 aliphatic rings. The van der Waals surface area contributed by atoms with E-state index in [9.17, 15) is 0 Å². The lowest BCUT2D eigenvalue weighted by molar-refractivity contribution is 0.414. The summed E-state index contributed by atoms with van der Waals surface area (Å²) in [4.78, 5) is 0. The van der Waals surface area contributed by atoms with E-state index < -0.39 is 0 Å². The van der Waals surface area contributed by atoms with E-state index >= 15 is 0 Å². The molecule has 0 atom stereocenters. The minimum absolute atomic E-state index is 0.672. The van der Waals surface area contributed by atoms with E-state index in [0.29, 0.717) is 6.54 Å². The number of nitrogens with zero attached hydrogens (tertiary/aromatic N) is 3. The molecule has 0 amide bonds. The lowest BCUT2D eigenvalue weighted by atomic mass is 10.1. The first-order chi connectivity index (χ1) is 10.3. The molecule has 5 nitrogen and oxygen atoms in total. The van der Waals surface area contributed by atoms with Crippen molar-refractivity contribution in [3.63, 3.8) is 0 Å². The Bertz CT molecular complexity index is 756. The van der Waals surface area contributed by atoms with Crippen molar-refractivity contribution in [3.05, 3.63) is 53.6 Å². The number of hydrogen-bond donors (Lipinski definition) is 1. The van der Waals surface area contributed by atoms with Crippen LogP contribution in [0.1, 0.15) is 11.1 Å². The quantitative estimate of drug-likeness (QED) is 0.796. The van der Waals surface area contributed by atoms with E-state index in [1.54, 1.807) is 7.11 Å². The number of rotatable bonds is 4. The Balaban J connectivity index is 1.82. The van der Waals surface area contributed by atoms with E-state index in [1.807, 2.05) is 43.3 Å². The highest BCUT2D eigenvalue weighted by molar-refractivity contribution is 5.88. The first-order valence-electron chi connectivity index (χ1n) is 6.73. The summed E-state index contributed by atoms with van der Waals surface area (Å²) >= 11 is 0. The largest absolute Gasteiger partial charge is 0.497 e. The second-order valence-electron chi connectivity index (χ2n) is 4.86. The molecule has 0 aliphatic carbocycles. The normalized spacial score (nSPS) is 10.6. The third-order valence-electron chi connectivity index (χ3n) is 3.32. The number of ether oxygens (including phenoxy) is 1. The van der Waals surface area contributed by atoms with Crippen molar-refractivity contribution >= 4 is 16.7 Å². The van der Waals surface area contributed by atoms with E-state index in [1.165, 1.54) is 5.56 Å². The zero-order valence-corrected chi connectivity index (χ0v) is 12.0. The van der Waals surface area contributed by atoms with Crippen LogP contribution in [-0.4, -0.2) is 22.5 Å². The molecule has 1 N–H and O–H groups in total. The van der Waals surface area contributed by atoms with Gasteiger partial charge in [0.05, 0.1) is 12.6 Å². The van der Waals surface area contributed by atoms with Gasteiger partial charge in [-0.15, -0.1) is 10.2 Å². The number of methoxy groups -OCH3 is 1. The first-order valence-corrected chi connectivity index (χ1v) is 6.73. The Morgan fingerprint density at radius 2 is 1.86 bits per heavy atom. The van der Waals surface area contributed by atoms with Crippen LogP contribution in [0.3, 0.4) is 0 Å². The molecular formula is C16H16N4O. The second kappa shape index (κ2) is 5.75. The van der Waals surface area contributed by atoms with Gasteiger partial charge in [-0.3, -0.25) is 0 Å². The third-order valence-corrected chi connectivity index (χ3v) is 3.32. The average molecular weight is 280 g/mol. The van der Waals surface area contributed by atoms with Crippen molar-refractivity contribution in [3.8, 4) is 5.75 Å². The molecule has 0 aliphatic heterocycles. The molecule has 3 aromatic rings. The zero-order chi connectivity index (χ0) is 14.7. The van der Waals surface area contributed by atoms with Crippen molar-refractivity contribution < 1.29 is 4.74 Å². The lowest BCUT2D eigenvalue weighted by Gasteiger charge is -2.08. The maximum absolute atomic E-state index is 5.15. The van der Waals surface area contributed by atoms with Crippen molar-refractivity contribution in [1.29, 1.82) is 0 Å². The van der Waals surface area contributed by atoms with E-state index in [0.717, 1.165) is 28.0 Å². The molecule has 21 heavy (non-hydrogen) atoms. The topological polar surface area (TPSA) is 59.9 Å². The van der Waals surface area contributed by atoms with Crippen LogP contribution in [0.2, 0.25) is 0 Å². The van der Waals surface area contributed by atoms with Crippen molar-refractivity contribution in [2.45, 2.75) is 13.5 Å². The zero-order valence-electron chi connectivity index (χ0n) is 12.0. The molecule has 0 saturated carbocycles. The molecule has 0 radical (unpaired) electrons. The number of aryl methyl sites for hydroxylation is 1. The Hall–Kier alpha value is -2.69. The summed E-state index contributed by atoms with van der Waals surface area (Å²) in [7, 11) is 1.66. The highest BCUT2D eigenvalue weighted by Crippen LogP contribution is 2.20. The summed E-state index contributed by atoms with van der Waals surface area (Å²) < 4.78 is 5.15. The Morgan fingerprint density at radius 3 is 2.62 bits per heavy atom. The molecule has 5 heteroatoms. The maximum atomic E-state index is 5.15. The predicted octanol–water partition coefficient (Wildman–Crippen LogP) is 2.95. The highest BCUT2D eigenvalue weighted by atomic mass is 16.5. The molecule has 0 saturated heterocycles. The Morgan fingerprint density at radius 1 is 1.05 bits per heavy atom. The van der Waals surface area contributed by atoms with Gasteiger partial charge in [0, 0.05) is 11.9 Å². The molecule has 2 aromatic carbocycles. The SMILES string of the molecule is COc1ccc(CNc2nnnc3ccc(C)cc23)cc1. The second-order valence-corrected chi connectivity index (χ2v) is 4.86. The number of benzene rings is 2. The summed E-state index contributed by atoms with van der Waals surface area (Å²) in [6.07, 6.45) is 0. The van der Waals surface area contributed by atoms with E-state index in [2.05, 4.69) is 26.8 Å². The number of hydrogen-bond acceptors (Lipinski definition) is 5. The van der Waals surface area contributed by atoms with Crippen LogP contribution in [0.4, 0.5) is 5.82 Å². The fraction of sp³-hybridized carbons (Fsp3) is 0.188. The van der Waals surface area contributed by atoms with Crippen LogP contribution in [0.5, 0.6) is 5.75 Å². The van der Waals surface area contributed by atoms with Gasteiger partial charge in [-0.2, -0.15) is 0 Å². The first kappa shape index (κ1) is 13.3. The molecule has 0 bridgehead atoms. The van der Waals surface area contributed by atoms with Gasteiger partial charge < -0.3 is 10.1 Å².